The van der Waals surface area contributed by atoms with Crippen molar-refractivity contribution in [2.75, 3.05) is 13.2 Å². The first kappa shape index (κ1) is 16.0. The first-order valence-electron chi connectivity index (χ1n) is 6.30. The highest BCUT2D eigenvalue weighted by atomic mass is 16.5. The van der Waals surface area contributed by atoms with Crippen LogP contribution in [-0.2, 0) is 9.59 Å². The average Bonchev–Trinajstić information content (AvgIpc) is 2.42. The van der Waals surface area contributed by atoms with Crippen LogP contribution in [0.3, 0.4) is 0 Å². The second-order valence-electron chi connectivity index (χ2n) is 4.62. The molecule has 0 aromatic heterocycles. The Balaban J connectivity index is 2.59. The van der Waals surface area contributed by atoms with E-state index in [1.807, 2.05) is 26.0 Å². The number of carboxylic acids is 1. The number of carbonyl (C=O) groups is 2. The highest BCUT2D eigenvalue weighted by molar-refractivity contribution is 5.84. The number of carboxylic acid groups (broad SMARTS) is 1. The molecule has 0 radical (unpaired) electrons. The Morgan fingerprint density at radius 1 is 1.30 bits per heavy atom. The van der Waals surface area contributed by atoms with Crippen molar-refractivity contribution in [2.45, 2.75) is 25.8 Å². The zero-order valence-corrected chi connectivity index (χ0v) is 11.5. The van der Waals surface area contributed by atoms with Gasteiger partial charge in [0.25, 0.3) is 5.91 Å². The maximum absolute atomic E-state index is 11.6. The molecule has 6 heteroatoms. The van der Waals surface area contributed by atoms with Gasteiger partial charge in [0, 0.05) is 0 Å². The van der Waals surface area contributed by atoms with Gasteiger partial charge in [0.2, 0.25) is 0 Å². The summed E-state index contributed by atoms with van der Waals surface area (Å²) < 4.78 is 5.40. The number of ether oxygens (including phenoxy) is 1. The lowest BCUT2D eigenvalue weighted by Gasteiger charge is -2.15. The molecular formula is C14H19NO5. The van der Waals surface area contributed by atoms with Crippen LogP contribution in [0.4, 0.5) is 0 Å². The van der Waals surface area contributed by atoms with Gasteiger partial charge in [-0.15, -0.1) is 0 Å². The third-order valence-corrected chi connectivity index (χ3v) is 2.72. The molecule has 1 atom stereocenters. The molecule has 0 fully saturated rings. The van der Waals surface area contributed by atoms with E-state index >= 15 is 0 Å². The Morgan fingerprint density at radius 3 is 2.50 bits per heavy atom. The molecule has 1 amide bonds. The zero-order chi connectivity index (χ0) is 15.1. The molecule has 0 bridgehead atoms. The summed E-state index contributed by atoms with van der Waals surface area (Å²) in [6, 6.07) is 6.03. The van der Waals surface area contributed by atoms with Gasteiger partial charge >= 0.3 is 5.97 Å². The Labute approximate surface area is 117 Å². The number of hydrogen-bond acceptors (Lipinski definition) is 4. The van der Waals surface area contributed by atoms with Gasteiger partial charge in [-0.25, -0.2) is 4.79 Å². The smallest absolute Gasteiger partial charge is 0.328 e. The SMILES string of the molecule is CC(C)c1ccccc1OCC(=O)N[C@H](CO)C(=O)O. The summed E-state index contributed by atoms with van der Waals surface area (Å²) in [7, 11) is 0. The van der Waals surface area contributed by atoms with Crippen molar-refractivity contribution < 1.29 is 24.5 Å². The zero-order valence-electron chi connectivity index (χ0n) is 11.5. The van der Waals surface area contributed by atoms with Gasteiger partial charge < -0.3 is 20.3 Å². The van der Waals surface area contributed by atoms with Gasteiger partial charge in [-0.1, -0.05) is 32.0 Å². The van der Waals surface area contributed by atoms with Crippen LogP contribution in [0.15, 0.2) is 24.3 Å². The van der Waals surface area contributed by atoms with E-state index < -0.39 is 24.5 Å². The number of benzene rings is 1. The standard InChI is InChI=1S/C14H19NO5/c1-9(2)10-5-3-4-6-12(10)20-8-13(17)15-11(7-16)14(18)19/h3-6,9,11,16H,7-8H2,1-2H3,(H,15,17)(H,18,19)/t11-/m1/s1. The molecule has 1 aromatic carbocycles. The molecule has 1 rings (SSSR count). The van der Waals surface area contributed by atoms with Crippen LogP contribution in [0.2, 0.25) is 0 Å². The molecule has 3 N–H and O–H groups in total. The molecule has 0 aliphatic heterocycles. The third-order valence-electron chi connectivity index (χ3n) is 2.72. The van der Waals surface area contributed by atoms with Gasteiger partial charge in [-0.2, -0.15) is 0 Å². The summed E-state index contributed by atoms with van der Waals surface area (Å²) in [5, 5.41) is 19.7. The first-order chi connectivity index (χ1) is 9.45. The van der Waals surface area contributed by atoms with Crippen molar-refractivity contribution >= 4 is 11.9 Å². The van der Waals surface area contributed by atoms with Crippen molar-refractivity contribution in [2.24, 2.45) is 0 Å². The van der Waals surface area contributed by atoms with Crippen LogP contribution in [0, 0.1) is 0 Å². The van der Waals surface area contributed by atoms with E-state index in [1.54, 1.807) is 12.1 Å². The van der Waals surface area contributed by atoms with E-state index in [-0.39, 0.29) is 12.5 Å². The van der Waals surface area contributed by atoms with Crippen LogP contribution in [0.1, 0.15) is 25.3 Å². The molecule has 0 spiro atoms. The van der Waals surface area contributed by atoms with Gasteiger partial charge in [0.15, 0.2) is 6.61 Å². The molecule has 110 valence electrons. The predicted octanol–water partition coefficient (Wildman–Crippen LogP) is 0.750. The Morgan fingerprint density at radius 2 is 1.95 bits per heavy atom. The first-order valence-corrected chi connectivity index (χ1v) is 6.30. The van der Waals surface area contributed by atoms with Gasteiger partial charge in [0.1, 0.15) is 11.8 Å². The molecule has 0 heterocycles. The van der Waals surface area contributed by atoms with Crippen LogP contribution in [0.25, 0.3) is 0 Å². The Hall–Kier alpha value is -2.08. The summed E-state index contributed by atoms with van der Waals surface area (Å²) in [6.07, 6.45) is 0. The maximum Gasteiger partial charge on any atom is 0.328 e. The molecule has 20 heavy (non-hydrogen) atoms. The van der Waals surface area contributed by atoms with Gasteiger partial charge in [-0.05, 0) is 17.5 Å². The highest BCUT2D eigenvalue weighted by Gasteiger charge is 2.19. The fourth-order valence-electron chi connectivity index (χ4n) is 1.65. The molecule has 1 aromatic rings. The second-order valence-corrected chi connectivity index (χ2v) is 4.62. The number of carbonyl (C=O) groups excluding carboxylic acids is 1. The number of amides is 1. The van der Waals surface area contributed by atoms with E-state index in [4.69, 9.17) is 14.9 Å². The quantitative estimate of drug-likeness (QED) is 0.685. The molecule has 0 aliphatic carbocycles. The molecule has 0 saturated carbocycles. The van der Waals surface area contributed by atoms with E-state index in [2.05, 4.69) is 5.32 Å². The molecule has 0 saturated heterocycles. The van der Waals surface area contributed by atoms with Gasteiger partial charge in [0.05, 0.1) is 6.61 Å². The van der Waals surface area contributed by atoms with E-state index in [0.717, 1.165) is 5.56 Å². The molecule has 0 aliphatic rings. The van der Waals surface area contributed by atoms with E-state index in [1.165, 1.54) is 0 Å². The summed E-state index contributed by atoms with van der Waals surface area (Å²) >= 11 is 0. The average molecular weight is 281 g/mol. The van der Waals surface area contributed by atoms with Gasteiger partial charge in [-0.3, -0.25) is 4.79 Å². The monoisotopic (exact) mass is 281 g/mol. The Kier molecular flexibility index (Phi) is 5.99. The molecule has 0 unspecified atom stereocenters. The lowest BCUT2D eigenvalue weighted by Crippen LogP contribution is -2.45. The summed E-state index contributed by atoms with van der Waals surface area (Å²) in [5.74, 6) is -1.04. The number of aliphatic hydroxyl groups is 1. The van der Waals surface area contributed by atoms with Crippen molar-refractivity contribution in [1.82, 2.24) is 5.32 Å². The van der Waals surface area contributed by atoms with Crippen molar-refractivity contribution in [3.63, 3.8) is 0 Å². The van der Waals surface area contributed by atoms with Crippen molar-refractivity contribution in [3.05, 3.63) is 29.8 Å². The minimum Gasteiger partial charge on any atom is -0.483 e. The normalized spacial score (nSPS) is 12.0. The summed E-state index contributed by atoms with van der Waals surface area (Å²) in [6.45, 7) is 3.06. The number of para-hydroxylation sites is 1. The fourth-order valence-corrected chi connectivity index (χ4v) is 1.65. The highest BCUT2D eigenvalue weighted by Crippen LogP contribution is 2.25. The van der Waals surface area contributed by atoms with Crippen molar-refractivity contribution in [1.29, 1.82) is 0 Å². The number of nitrogens with one attached hydrogen (secondary N) is 1. The summed E-state index contributed by atoms with van der Waals surface area (Å²) in [4.78, 5) is 22.2. The van der Waals surface area contributed by atoms with Crippen molar-refractivity contribution in [3.8, 4) is 5.75 Å². The lowest BCUT2D eigenvalue weighted by atomic mass is 10.0. The van der Waals surface area contributed by atoms with E-state index in [0.29, 0.717) is 5.75 Å². The predicted molar refractivity (Wildman–Crippen MR) is 72.7 cm³/mol. The van der Waals surface area contributed by atoms with Crippen LogP contribution in [0.5, 0.6) is 5.75 Å². The number of rotatable bonds is 7. The number of aliphatic hydroxyl groups excluding tert-OH is 1. The number of aliphatic carboxylic acids is 1. The second kappa shape index (κ2) is 7.49. The molecular weight excluding hydrogens is 262 g/mol. The molecule has 6 nitrogen and oxygen atoms in total. The fraction of sp³-hybridized carbons (Fsp3) is 0.429. The number of hydrogen-bond donors (Lipinski definition) is 3. The lowest BCUT2D eigenvalue weighted by molar-refractivity contribution is -0.143. The minimum atomic E-state index is -1.31. The largest absolute Gasteiger partial charge is 0.483 e. The van der Waals surface area contributed by atoms with E-state index in [9.17, 15) is 9.59 Å². The van der Waals surface area contributed by atoms with Crippen LogP contribution >= 0.6 is 0 Å². The minimum absolute atomic E-state index is 0.249. The topological polar surface area (TPSA) is 95.9 Å². The maximum atomic E-state index is 11.6. The summed E-state index contributed by atoms with van der Waals surface area (Å²) in [5.41, 5.74) is 0.970. The van der Waals surface area contributed by atoms with Crippen LogP contribution in [-0.4, -0.2) is 41.3 Å². The third kappa shape index (κ3) is 4.55. The Bertz CT molecular complexity index is 472. The van der Waals surface area contributed by atoms with Crippen LogP contribution < -0.4 is 10.1 Å².